The molecule has 0 bridgehead atoms. The number of anilines is 3. The van der Waals surface area contributed by atoms with Gasteiger partial charge in [-0.2, -0.15) is 0 Å². The molecule has 2 amide bonds. The number of urea groups is 1. The molecule has 0 atom stereocenters. The monoisotopic (exact) mass is 427 g/mol. The van der Waals surface area contributed by atoms with E-state index in [1.807, 2.05) is 0 Å². The fourth-order valence-corrected chi connectivity index (χ4v) is 3.71. The number of aromatic nitrogens is 2. The fraction of sp³-hybridized carbons (Fsp3) is 0.150. The molecular formula is C20H21N5O4S. The van der Waals surface area contributed by atoms with Crippen molar-refractivity contribution in [3.63, 3.8) is 0 Å². The summed E-state index contributed by atoms with van der Waals surface area (Å²) in [6.07, 6.45) is 0. The minimum atomic E-state index is -3.83. The van der Waals surface area contributed by atoms with Gasteiger partial charge in [0.2, 0.25) is 0 Å². The molecule has 0 unspecified atom stereocenters. The molecule has 0 aliphatic carbocycles. The van der Waals surface area contributed by atoms with E-state index in [0.29, 0.717) is 28.6 Å². The summed E-state index contributed by atoms with van der Waals surface area (Å²) < 4.78 is 32.8. The molecule has 3 rings (SSSR count). The number of nitrogens with one attached hydrogen (secondary N) is 3. The van der Waals surface area contributed by atoms with Crippen molar-refractivity contribution in [3.05, 3.63) is 66.1 Å². The van der Waals surface area contributed by atoms with Crippen molar-refractivity contribution in [3.8, 4) is 5.75 Å². The Bertz CT molecular complexity index is 1140. The summed E-state index contributed by atoms with van der Waals surface area (Å²) in [6, 6.07) is 13.8. The van der Waals surface area contributed by atoms with Crippen LogP contribution in [0.1, 0.15) is 11.5 Å². The summed E-state index contributed by atoms with van der Waals surface area (Å²) in [5, 5.41) is 5.32. The van der Waals surface area contributed by atoms with Gasteiger partial charge in [0.15, 0.2) is 0 Å². The van der Waals surface area contributed by atoms with E-state index in [9.17, 15) is 13.2 Å². The van der Waals surface area contributed by atoms with Crippen LogP contribution in [0.5, 0.6) is 5.75 Å². The first-order valence-electron chi connectivity index (χ1n) is 8.93. The number of nitrogens with zero attached hydrogens (tertiary/aromatic N) is 2. The second kappa shape index (κ2) is 8.78. The Kier molecular flexibility index (Phi) is 6.17. The van der Waals surface area contributed by atoms with Gasteiger partial charge in [-0.1, -0.05) is 12.1 Å². The van der Waals surface area contributed by atoms with Crippen LogP contribution < -0.4 is 20.1 Å². The molecule has 0 fully saturated rings. The predicted molar refractivity (Wildman–Crippen MR) is 114 cm³/mol. The second-order valence-corrected chi connectivity index (χ2v) is 8.03. The highest BCUT2D eigenvalue weighted by Gasteiger charge is 2.16. The summed E-state index contributed by atoms with van der Waals surface area (Å²) >= 11 is 0. The highest BCUT2D eigenvalue weighted by molar-refractivity contribution is 7.92. The van der Waals surface area contributed by atoms with Crippen molar-refractivity contribution in [2.24, 2.45) is 0 Å². The van der Waals surface area contributed by atoms with Crippen molar-refractivity contribution in [2.75, 3.05) is 22.5 Å². The molecule has 3 N–H and O–H groups in total. The number of carbonyl (C=O) groups excluding carboxylic acids is 1. The number of aryl methyl sites for hydroxylation is 2. The average molecular weight is 427 g/mol. The highest BCUT2D eigenvalue weighted by atomic mass is 32.2. The van der Waals surface area contributed by atoms with Gasteiger partial charge in [-0.25, -0.2) is 23.2 Å². The molecule has 9 nitrogen and oxygen atoms in total. The Balaban J connectivity index is 1.68. The lowest BCUT2D eigenvalue weighted by atomic mass is 10.3. The van der Waals surface area contributed by atoms with E-state index in [0.717, 1.165) is 0 Å². The van der Waals surface area contributed by atoms with E-state index in [-0.39, 0.29) is 10.7 Å². The molecule has 0 saturated heterocycles. The number of benzene rings is 2. The maximum Gasteiger partial charge on any atom is 0.323 e. The van der Waals surface area contributed by atoms with Crippen LogP contribution in [0.3, 0.4) is 0 Å². The number of amides is 2. The minimum Gasteiger partial charge on any atom is -0.495 e. The van der Waals surface area contributed by atoms with E-state index >= 15 is 0 Å². The summed E-state index contributed by atoms with van der Waals surface area (Å²) in [4.78, 5) is 20.4. The molecule has 10 heteroatoms. The Hall–Kier alpha value is -3.66. The van der Waals surface area contributed by atoms with Gasteiger partial charge in [0.25, 0.3) is 10.0 Å². The zero-order valence-corrected chi connectivity index (χ0v) is 17.4. The predicted octanol–water partition coefficient (Wildman–Crippen LogP) is 3.55. The molecule has 0 saturated carbocycles. The molecule has 30 heavy (non-hydrogen) atoms. The van der Waals surface area contributed by atoms with Crippen molar-refractivity contribution in [1.82, 2.24) is 9.97 Å². The molecule has 1 aromatic heterocycles. The number of para-hydroxylation sites is 2. The topological polar surface area (TPSA) is 122 Å². The first kappa shape index (κ1) is 21.1. The number of hydrogen-bond donors (Lipinski definition) is 3. The summed E-state index contributed by atoms with van der Waals surface area (Å²) in [6.45, 7) is 3.43. The largest absolute Gasteiger partial charge is 0.495 e. The Morgan fingerprint density at radius 3 is 2.33 bits per heavy atom. The summed E-state index contributed by atoms with van der Waals surface area (Å²) in [5.74, 6) is 1.18. The molecule has 3 aromatic rings. The molecule has 2 aromatic carbocycles. The quantitative estimate of drug-likeness (QED) is 0.553. The van der Waals surface area contributed by atoms with E-state index in [1.54, 1.807) is 44.2 Å². The number of hydrogen-bond acceptors (Lipinski definition) is 6. The number of rotatable bonds is 6. The Morgan fingerprint density at radius 1 is 0.967 bits per heavy atom. The van der Waals surface area contributed by atoms with Crippen LogP contribution in [0.25, 0.3) is 0 Å². The van der Waals surface area contributed by atoms with Gasteiger partial charge in [0, 0.05) is 17.4 Å². The van der Waals surface area contributed by atoms with E-state index in [4.69, 9.17) is 4.74 Å². The van der Waals surface area contributed by atoms with Gasteiger partial charge in [0.05, 0.1) is 17.7 Å². The van der Waals surface area contributed by atoms with Crippen LogP contribution >= 0.6 is 0 Å². The van der Waals surface area contributed by atoms with Crippen molar-refractivity contribution in [2.45, 2.75) is 18.7 Å². The molecule has 156 valence electrons. The third-order valence-electron chi connectivity index (χ3n) is 3.98. The van der Waals surface area contributed by atoms with Crippen LogP contribution in [0, 0.1) is 13.8 Å². The zero-order chi connectivity index (χ0) is 21.7. The standard InChI is InChI=1S/C20H21N5O4S/c1-13-12-19(22-14(2)21-13)25-30(27,28)16-10-8-15(9-11-16)23-20(26)24-17-6-4-5-7-18(17)29-3/h4-12H,1-3H3,(H,21,22,25)(H2,23,24,26). The number of sulfonamides is 1. The average Bonchev–Trinajstić information content (AvgIpc) is 2.67. The third-order valence-corrected chi connectivity index (χ3v) is 5.35. The molecule has 1 heterocycles. The van der Waals surface area contributed by atoms with Crippen molar-refractivity contribution < 1.29 is 17.9 Å². The zero-order valence-electron chi connectivity index (χ0n) is 16.6. The SMILES string of the molecule is COc1ccccc1NC(=O)Nc1ccc(S(=O)(=O)Nc2cc(C)nc(C)n2)cc1. The van der Waals surface area contributed by atoms with E-state index in [2.05, 4.69) is 25.3 Å². The lowest BCUT2D eigenvalue weighted by molar-refractivity contribution is 0.262. The lowest BCUT2D eigenvalue weighted by Gasteiger charge is -2.12. The first-order valence-corrected chi connectivity index (χ1v) is 10.4. The second-order valence-electron chi connectivity index (χ2n) is 6.35. The van der Waals surface area contributed by atoms with Gasteiger partial charge < -0.3 is 15.4 Å². The molecule has 0 aliphatic rings. The third kappa shape index (κ3) is 5.23. The number of methoxy groups -OCH3 is 1. The van der Waals surface area contributed by atoms with Crippen molar-refractivity contribution in [1.29, 1.82) is 0 Å². The van der Waals surface area contributed by atoms with E-state index in [1.165, 1.54) is 31.4 Å². The van der Waals surface area contributed by atoms with Crippen LogP contribution in [-0.4, -0.2) is 31.5 Å². The van der Waals surface area contributed by atoms with Gasteiger partial charge in [-0.15, -0.1) is 0 Å². The van der Waals surface area contributed by atoms with Crippen LogP contribution in [0.4, 0.5) is 22.0 Å². The smallest absolute Gasteiger partial charge is 0.323 e. The number of ether oxygens (including phenoxy) is 1. The van der Waals surface area contributed by atoms with Crippen molar-refractivity contribution >= 4 is 33.2 Å². The maximum atomic E-state index is 12.6. The Morgan fingerprint density at radius 2 is 1.67 bits per heavy atom. The molecule has 0 radical (unpaired) electrons. The van der Waals surface area contributed by atoms with Crippen LogP contribution in [-0.2, 0) is 10.0 Å². The fourth-order valence-electron chi connectivity index (χ4n) is 2.72. The van der Waals surface area contributed by atoms with Gasteiger partial charge >= 0.3 is 6.03 Å². The maximum absolute atomic E-state index is 12.6. The van der Waals surface area contributed by atoms with Crippen LogP contribution in [0.2, 0.25) is 0 Å². The Labute approximate surface area is 174 Å². The van der Waals surface area contributed by atoms with Gasteiger partial charge in [-0.05, 0) is 50.2 Å². The first-order chi connectivity index (χ1) is 14.3. The molecule has 0 spiro atoms. The molecule has 0 aliphatic heterocycles. The minimum absolute atomic E-state index is 0.0344. The van der Waals surface area contributed by atoms with Gasteiger partial charge in [0.1, 0.15) is 17.4 Å². The van der Waals surface area contributed by atoms with Crippen LogP contribution in [0.15, 0.2) is 59.5 Å². The molecular weight excluding hydrogens is 406 g/mol. The number of carbonyl (C=O) groups is 1. The summed E-state index contributed by atoms with van der Waals surface area (Å²) in [7, 11) is -2.33. The lowest BCUT2D eigenvalue weighted by Crippen LogP contribution is -2.20. The van der Waals surface area contributed by atoms with E-state index < -0.39 is 16.1 Å². The summed E-state index contributed by atoms with van der Waals surface area (Å²) in [5.41, 5.74) is 1.59. The normalized spacial score (nSPS) is 10.9. The van der Waals surface area contributed by atoms with Gasteiger partial charge in [-0.3, -0.25) is 4.72 Å². The highest BCUT2D eigenvalue weighted by Crippen LogP contribution is 2.23.